The van der Waals surface area contributed by atoms with E-state index in [0.29, 0.717) is 22.3 Å². The van der Waals surface area contributed by atoms with Gasteiger partial charge in [0, 0.05) is 42.6 Å². The van der Waals surface area contributed by atoms with Crippen molar-refractivity contribution < 1.29 is 63.6 Å². The lowest BCUT2D eigenvalue weighted by Gasteiger charge is -2.39. The molecule has 1 aliphatic carbocycles. The molecule has 3 aliphatic rings. The lowest BCUT2D eigenvalue weighted by molar-refractivity contribution is -0.298. The average molecular weight is 775 g/mol. The topological polar surface area (TPSA) is 223 Å². The van der Waals surface area contributed by atoms with Crippen LogP contribution in [0.3, 0.4) is 0 Å². The van der Waals surface area contributed by atoms with Crippen LogP contribution in [0.4, 0.5) is 0 Å². The maximum atomic E-state index is 13.7. The number of esters is 1. The summed E-state index contributed by atoms with van der Waals surface area (Å²) in [4.78, 5) is 39.1. The first-order valence-corrected chi connectivity index (χ1v) is 18.4. The summed E-state index contributed by atoms with van der Waals surface area (Å²) in [6.07, 6.45) is -4.43. The highest BCUT2D eigenvalue weighted by Gasteiger charge is 2.55. The molecule has 2 amide bonds. The molecule has 298 valence electrons. The summed E-state index contributed by atoms with van der Waals surface area (Å²) in [5.74, 6) is -2.81. The molecule has 56 heavy (non-hydrogen) atoms. The van der Waals surface area contributed by atoms with E-state index in [-0.39, 0.29) is 50.6 Å². The third kappa shape index (κ3) is 9.41. The van der Waals surface area contributed by atoms with E-state index in [2.05, 4.69) is 10.6 Å². The Bertz CT molecular complexity index is 1800. The molecular weight excluding hydrogens is 728 g/mol. The summed E-state index contributed by atoms with van der Waals surface area (Å²) < 4.78 is 30.4. The van der Waals surface area contributed by atoms with Crippen molar-refractivity contribution in [2.75, 3.05) is 32.9 Å². The van der Waals surface area contributed by atoms with Gasteiger partial charge in [0.05, 0.1) is 25.4 Å². The molecule has 0 radical (unpaired) electrons. The lowest BCUT2D eigenvalue weighted by Crippen LogP contribution is -2.59. The Morgan fingerprint density at radius 1 is 0.821 bits per heavy atom. The van der Waals surface area contributed by atoms with Crippen molar-refractivity contribution in [2.24, 2.45) is 0 Å². The van der Waals surface area contributed by atoms with E-state index in [4.69, 9.17) is 28.8 Å². The monoisotopic (exact) mass is 774 g/mol. The molecule has 0 saturated carbocycles. The number of ether oxygens (including phenoxy) is 5. The Morgan fingerprint density at radius 2 is 1.50 bits per heavy atom. The number of carbonyl (C=O) groups is 3. The summed E-state index contributed by atoms with van der Waals surface area (Å²) in [7, 11) is 0. The van der Waals surface area contributed by atoms with Crippen LogP contribution >= 0.6 is 0 Å². The van der Waals surface area contributed by atoms with E-state index in [1.165, 1.54) is 0 Å². The number of aliphatic hydroxyl groups excluding tert-OH is 5. The van der Waals surface area contributed by atoms with Gasteiger partial charge >= 0.3 is 5.97 Å². The van der Waals surface area contributed by atoms with Crippen molar-refractivity contribution in [3.05, 3.63) is 125 Å². The first kappa shape index (κ1) is 40.8. The van der Waals surface area contributed by atoms with Crippen LogP contribution in [0.15, 0.2) is 103 Å². The van der Waals surface area contributed by atoms with Gasteiger partial charge in [0.2, 0.25) is 17.6 Å². The molecule has 15 heteroatoms. The van der Waals surface area contributed by atoms with Crippen LogP contribution < -0.4 is 10.6 Å². The highest BCUT2D eigenvalue weighted by Crippen LogP contribution is 2.47. The zero-order valence-electron chi connectivity index (χ0n) is 30.4. The standard InChI is InChI=1S/C41H46N2O13/c44-20-19-42-33(46)17-18-43-38(50)27-22-30(37-31(23-27)55-41(56-37,28-9-3-1-4-10-28)29-11-5-2-6-12-29)53-39(51)26-15-13-25(14-16-26)8-7-21-52-40-36(49)35(48)34(47)32(24-45)54-40/h1-16,23,30-32,34-37,40,44-45,47-49H,17-22,24H2,(H,42,46)(H,43,50). The third-order valence-corrected chi connectivity index (χ3v) is 9.67. The number of carbonyl (C=O) groups excluding carboxylic acids is 3. The molecule has 8 atom stereocenters. The minimum atomic E-state index is -1.55. The first-order valence-electron chi connectivity index (χ1n) is 18.4. The fraction of sp³-hybridized carbons (Fsp3) is 0.390. The number of nitrogens with one attached hydrogen (secondary N) is 2. The van der Waals surface area contributed by atoms with Gasteiger partial charge in [0.25, 0.3) is 0 Å². The largest absolute Gasteiger partial charge is 0.456 e. The number of benzene rings is 3. The molecule has 3 aromatic rings. The van der Waals surface area contributed by atoms with Crippen LogP contribution in [0.5, 0.6) is 0 Å². The molecule has 2 heterocycles. The van der Waals surface area contributed by atoms with Crippen LogP contribution in [-0.2, 0) is 39.1 Å². The van der Waals surface area contributed by atoms with E-state index in [1.54, 1.807) is 42.5 Å². The van der Waals surface area contributed by atoms with Crippen molar-refractivity contribution in [1.29, 1.82) is 0 Å². The molecule has 3 aromatic carbocycles. The Morgan fingerprint density at radius 3 is 2.14 bits per heavy atom. The summed E-state index contributed by atoms with van der Waals surface area (Å²) in [5.41, 5.74) is 2.66. The number of hydrogen-bond donors (Lipinski definition) is 7. The molecule has 2 aliphatic heterocycles. The Hall–Kier alpha value is -4.81. The second-order valence-electron chi connectivity index (χ2n) is 13.5. The molecular formula is C41H46N2O13. The molecule has 8 unspecified atom stereocenters. The second kappa shape index (κ2) is 18.9. The van der Waals surface area contributed by atoms with Crippen molar-refractivity contribution in [3.8, 4) is 0 Å². The molecule has 0 spiro atoms. The minimum absolute atomic E-state index is 0.00465. The number of amides is 2. The SMILES string of the molecule is O=C(CCNC(=O)C1=CC2OC(c3ccccc3)(c3ccccc3)OC2C(OC(=O)c2ccc(C=CCOC3OC(CO)C(O)C(O)C3O)cc2)C1)NCCO. The molecule has 0 bridgehead atoms. The smallest absolute Gasteiger partial charge is 0.338 e. The summed E-state index contributed by atoms with van der Waals surface area (Å²) in [5, 5.41) is 53.7. The fourth-order valence-electron chi connectivity index (χ4n) is 6.75. The van der Waals surface area contributed by atoms with Crippen LogP contribution in [0.25, 0.3) is 6.08 Å². The van der Waals surface area contributed by atoms with Gasteiger partial charge in [-0.05, 0) is 23.8 Å². The van der Waals surface area contributed by atoms with E-state index in [1.807, 2.05) is 60.7 Å². The zero-order chi connectivity index (χ0) is 39.7. The first-order chi connectivity index (χ1) is 27.1. The van der Waals surface area contributed by atoms with Crippen LogP contribution in [-0.4, -0.2) is 125 Å². The maximum absolute atomic E-state index is 13.7. The predicted octanol–water partition coefficient (Wildman–Crippen LogP) is 0.672. The average Bonchev–Trinajstić information content (AvgIpc) is 3.63. The summed E-state index contributed by atoms with van der Waals surface area (Å²) in [6.45, 7) is -0.646. The summed E-state index contributed by atoms with van der Waals surface area (Å²) in [6, 6.07) is 25.2. The maximum Gasteiger partial charge on any atom is 0.338 e. The van der Waals surface area contributed by atoms with Crippen molar-refractivity contribution in [2.45, 2.75) is 67.6 Å². The Kier molecular flexibility index (Phi) is 13.8. The van der Waals surface area contributed by atoms with Gasteiger partial charge in [-0.15, -0.1) is 0 Å². The van der Waals surface area contributed by atoms with Crippen LogP contribution in [0.1, 0.15) is 39.9 Å². The Labute approximate surface area is 323 Å². The second-order valence-corrected chi connectivity index (χ2v) is 13.5. The molecule has 2 fully saturated rings. The normalized spacial score (nSPS) is 26.9. The lowest BCUT2D eigenvalue weighted by atomic mass is 9.91. The van der Waals surface area contributed by atoms with E-state index >= 15 is 0 Å². The quantitative estimate of drug-likeness (QED) is 0.106. The van der Waals surface area contributed by atoms with Crippen LogP contribution in [0.2, 0.25) is 0 Å². The third-order valence-electron chi connectivity index (χ3n) is 9.67. The van der Waals surface area contributed by atoms with Crippen molar-refractivity contribution >= 4 is 23.9 Å². The van der Waals surface area contributed by atoms with E-state index in [0.717, 1.165) is 0 Å². The van der Waals surface area contributed by atoms with Gasteiger partial charge in [-0.25, -0.2) is 4.79 Å². The highest BCUT2D eigenvalue weighted by molar-refractivity contribution is 5.94. The number of aliphatic hydroxyl groups is 5. The van der Waals surface area contributed by atoms with Gasteiger partial charge in [-0.1, -0.05) is 84.9 Å². The molecule has 2 saturated heterocycles. The van der Waals surface area contributed by atoms with Crippen molar-refractivity contribution in [3.63, 3.8) is 0 Å². The predicted molar refractivity (Wildman–Crippen MR) is 198 cm³/mol. The molecule has 7 N–H and O–H groups in total. The minimum Gasteiger partial charge on any atom is -0.456 e. The van der Waals surface area contributed by atoms with Gasteiger partial charge in [-0.2, -0.15) is 0 Å². The van der Waals surface area contributed by atoms with Gasteiger partial charge in [0.1, 0.15) is 42.7 Å². The van der Waals surface area contributed by atoms with Crippen LogP contribution in [0, 0.1) is 0 Å². The van der Waals surface area contributed by atoms with Gasteiger partial charge in [0.15, 0.2) is 6.29 Å². The number of hydrogen-bond acceptors (Lipinski definition) is 13. The molecule has 15 nitrogen and oxygen atoms in total. The molecule has 0 aromatic heterocycles. The zero-order valence-corrected chi connectivity index (χ0v) is 30.4. The molecule has 6 rings (SSSR count). The Balaban J connectivity index is 1.15. The fourth-order valence-corrected chi connectivity index (χ4v) is 6.75. The number of fused-ring (bicyclic) bond motifs is 1. The highest BCUT2D eigenvalue weighted by atomic mass is 16.8. The van der Waals surface area contributed by atoms with Crippen molar-refractivity contribution in [1.82, 2.24) is 10.6 Å². The number of rotatable bonds is 15. The summed E-state index contributed by atoms with van der Waals surface area (Å²) >= 11 is 0. The van der Waals surface area contributed by atoms with Gasteiger partial charge < -0.3 is 59.9 Å². The van der Waals surface area contributed by atoms with E-state index in [9.17, 15) is 34.8 Å². The van der Waals surface area contributed by atoms with Gasteiger partial charge in [-0.3, -0.25) is 9.59 Å². The van der Waals surface area contributed by atoms with E-state index < -0.39 is 73.3 Å².